The van der Waals surface area contributed by atoms with Crippen molar-refractivity contribution in [2.45, 2.75) is 20.1 Å². The molecule has 1 amide bonds. The van der Waals surface area contributed by atoms with E-state index in [1.54, 1.807) is 0 Å². The van der Waals surface area contributed by atoms with Gasteiger partial charge in [-0.1, -0.05) is 35.9 Å². The molecule has 0 bridgehead atoms. The molecule has 0 unspecified atom stereocenters. The van der Waals surface area contributed by atoms with Gasteiger partial charge in [0.25, 0.3) is 5.91 Å². The molecule has 3 nitrogen and oxygen atoms in total. The Morgan fingerprint density at radius 1 is 1.20 bits per heavy atom. The smallest absolute Gasteiger partial charge is 0.252 e. The number of nitrogens with one attached hydrogen (secondary N) is 1. The average molecular weight is 334 g/mol. The number of aliphatic hydroxyl groups excluding tert-OH is 1. The number of amides is 1. The molecule has 2 rings (SSSR count). The maximum absolute atomic E-state index is 12.2. The van der Waals surface area contributed by atoms with Crippen molar-refractivity contribution in [2.24, 2.45) is 0 Å². The number of hydrogen-bond donors (Lipinski definition) is 2. The van der Waals surface area contributed by atoms with Crippen molar-refractivity contribution in [2.75, 3.05) is 0 Å². The van der Waals surface area contributed by atoms with Crippen molar-refractivity contribution >= 4 is 21.8 Å². The van der Waals surface area contributed by atoms with E-state index in [-0.39, 0.29) is 12.5 Å². The molecule has 0 saturated heterocycles. The SMILES string of the molecule is Cc1ccc(Br)c(C(=O)NCc2cccc(CO)c2)c1. The van der Waals surface area contributed by atoms with E-state index in [0.29, 0.717) is 12.1 Å². The Morgan fingerprint density at radius 2 is 1.95 bits per heavy atom. The summed E-state index contributed by atoms with van der Waals surface area (Å²) >= 11 is 3.39. The van der Waals surface area contributed by atoms with Crippen molar-refractivity contribution < 1.29 is 9.90 Å². The van der Waals surface area contributed by atoms with Gasteiger partial charge in [-0.3, -0.25) is 4.79 Å². The Morgan fingerprint density at radius 3 is 2.70 bits per heavy atom. The van der Waals surface area contributed by atoms with E-state index in [1.807, 2.05) is 49.4 Å². The molecule has 0 heterocycles. The number of halogens is 1. The van der Waals surface area contributed by atoms with E-state index in [1.165, 1.54) is 0 Å². The van der Waals surface area contributed by atoms with Crippen LogP contribution in [0.2, 0.25) is 0 Å². The Kier molecular flexibility index (Phi) is 4.93. The Hall–Kier alpha value is -1.65. The molecular weight excluding hydrogens is 318 g/mol. The predicted octanol–water partition coefficient (Wildman–Crippen LogP) is 3.18. The van der Waals surface area contributed by atoms with Gasteiger partial charge in [0.05, 0.1) is 12.2 Å². The number of aryl methyl sites for hydroxylation is 1. The van der Waals surface area contributed by atoms with Crippen LogP contribution in [0.4, 0.5) is 0 Å². The van der Waals surface area contributed by atoms with Crippen LogP contribution in [0.15, 0.2) is 46.9 Å². The first-order valence-corrected chi connectivity index (χ1v) is 7.12. The number of benzene rings is 2. The van der Waals surface area contributed by atoms with E-state index in [4.69, 9.17) is 5.11 Å². The van der Waals surface area contributed by atoms with Gasteiger partial charge < -0.3 is 10.4 Å². The summed E-state index contributed by atoms with van der Waals surface area (Å²) < 4.78 is 0.782. The lowest BCUT2D eigenvalue weighted by Crippen LogP contribution is -2.23. The molecule has 0 radical (unpaired) electrons. The summed E-state index contributed by atoms with van der Waals surface area (Å²) in [7, 11) is 0. The normalized spacial score (nSPS) is 10.3. The minimum Gasteiger partial charge on any atom is -0.392 e. The molecule has 2 aromatic rings. The first-order chi connectivity index (χ1) is 9.60. The van der Waals surface area contributed by atoms with Gasteiger partial charge in [0.1, 0.15) is 0 Å². The van der Waals surface area contributed by atoms with Gasteiger partial charge in [-0.25, -0.2) is 0 Å². The zero-order chi connectivity index (χ0) is 14.5. The van der Waals surface area contributed by atoms with Crippen molar-refractivity contribution in [3.63, 3.8) is 0 Å². The molecule has 4 heteroatoms. The summed E-state index contributed by atoms with van der Waals surface area (Å²) in [6.07, 6.45) is 0. The van der Waals surface area contributed by atoms with Crippen LogP contribution in [0.25, 0.3) is 0 Å². The van der Waals surface area contributed by atoms with Crippen molar-refractivity contribution in [1.82, 2.24) is 5.32 Å². The summed E-state index contributed by atoms with van der Waals surface area (Å²) in [6.45, 7) is 2.40. The van der Waals surface area contributed by atoms with Gasteiger partial charge in [-0.2, -0.15) is 0 Å². The quantitative estimate of drug-likeness (QED) is 0.902. The zero-order valence-corrected chi connectivity index (χ0v) is 12.8. The van der Waals surface area contributed by atoms with E-state index in [0.717, 1.165) is 21.2 Å². The summed E-state index contributed by atoms with van der Waals surface area (Å²) in [5, 5.41) is 12.0. The van der Waals surface area contributed by atoms with Gasteiger partial charge in [-0.05, 0) is 46.1 Å². The van der Waals surface area contributed by atoms with E-state index >= 15 is 0 Å². The Labute approximate surface area is 126 Å². The largest absolute Gasteiger partial charge is 0.392 e. The van der Waals surface area contributed by atoms with Gasteiger partial charge in [-0.15, -0.1) is 0 Å². The van der Waals surface area contributed by atoms with Crippen LogP contribution in [0.1, 0.15) is 27.0 Å². The number of hydrogen-bond acceptors (Lipinski definition) is 2. The lowest BCUT2D eigenvalue weighted by Gasteiger charge is -2.08. The monoisotopic (exact) mass is 333 g/mol. The van der Waals surface area contributed by atoms with Crippen LogP contribution in [0, 0.1) is 6.92 Å². The van der Waals surface area contributed by atoms with Crippen LogP contribution >= 0.6 is 15.9 Å². The molecule has 0 aliphatic heterocycles. The van der Waals surface area contributed by atoms with Gasteiger partial charge in [0, 0.05) is 11.0 Å². The molecule has 0 aromatic heterocycles. The average Bonchev–Trinajstić information content (AvgIpc) is 2.47. The van der Waals surface area contributed by atoms with Crippen LogP contribution in [-0.2, 0) is 13.2 Å². The lowest BCUT2D eigenvalue weighted by atomic mass is 10.1. The highest BCUT2D eigenvalue weighted by Crippen LogP contribution is 2.18. The molecule has 0 saturated carbocycles. The number of carbonyl (C=O) groups excluding carboxylic acids is 1. The standard InChI is InChI=1S/C16H16BrNO2/c1-11-5-6-15(17)14(7-11)16(20)18-9-12-3-2-4-13(8-12)10-19/h2-8,19H,9-10H2,1H3,(H,18,20). The third-order valence-corrected chi connectivity index (χ3v) is 3.69. The highest BCUT2D eigenvalue weighted by Gasteiger charge is 2.09. The Balaban J connectivity index is 2.06. The maximum Gasteiger partial charge on any atom is 0.252 e. The number of carbonyl (C=O) groups is 1. The minimum atomic E-state index is -0.116. The van der Waals surface area contributed by atoms with Crippen molar-refractivity contribution in [3.8, 4) is 0 Å². The first kappa shape index (κ1) is 14.8. The highest BCUT2D eigenvalue weighted by atomic mass is 79.9. The molecule has 20 heavy (non-hydrogen) atoms. The summed E-state index contributed by atoms with van der Waals surface area (Å²) in [6, 6.07) is 13.2. The second kappa shape index (κ2) is 6.68. The molecule has 0 aliphatic rings. The molecular formula is C16H16BrNO2. The van der Waals surface area contributed by atoms with Crippen LogP contribution in [0.5, 0.6) is 0 Å². The van der Waals surface area contributed by atoms with E-state index in [2.05, 4.69) is 21.2 Å². The molecule has 2 aromatic carbocycles. The topological polar surface area (TPSA) is 49.3 Å². The zero-order valence-electron chi connectivity index (χ0n) is 11.2. The predicted molar refractivity (Wildman–Crippen MR) is 82.4 cm³/mol. The van der Waals surface area contributed by atoms with Crippen LogP contribution in [-0.4, -0.2) is 11.0 Å². The summed E-state index contributed by atoms with van der Waals surface area (Å²) in [5.41, 5.74) is 3.48. The molecule has 0 fully saturated rings. The maximum atomic E-state index is 12.2. The third-order valence-electron chi connectivity index (χ3n) is 2.99. The summed E-state index contributed by atoms with van der Waals surface area (Å²) in [4.78, 5) is 12.2. The number of rotatable bonds is 4. The minimum absolute atomic E-state index is 0.00517. The van der Waals surface area contributed by atoms with Crippen molar-refractivity contribution in [3.05, 3.63) is 69.2 Å². The lowest BCUT2D eigenvalue weighted by molar-refractivity contribution is 0.0950. The fourth-order valence-corrected chi connectivity index (χ4v) is 2.36. The summed E-state index contributed by atoms with van der Waals surface area (Å²) in [5.74, 6) is -0.116. The fourth-order valence-electron chi connectivity index (χ4n) is 1.93. The molecule has 104 valence electrons. The van der Waals surface area contributed by atoms with Crippen LogP contribution in [0.3, 0.4) is 0 Å². The molecule has 0 spiro atoms. The highest BCUT2D eigenvalue weighted by molar-refractivity contribution is 9.10. The fraction of sp³-hybridized carbons (Fsp3) is 0.188. The van der Waals surface area contributed by atoms with E-state index < -0.39 is 0 Å². The van der Waals surface area contributed by atoms with Crippen molar-refractivity contribution in [1.29, 1.82) is 0 Å². The first-order valence-electron chi connectivity index (χ1n) is 6.33. The molecule has 0 aliphatic carbocycles. The van der Waals surface area contributed by atoms with E-state index in [9.17, 15) is 4.79 Å². The molecule has 0 atom stereocenters. The van der Waals surface area contributed by atoms with Gasteiger partial charge in [0.15, 0.2) is 0 Å². The van der Waals surface area contributed by atoms with Gasteiger partial charge >= 0.3 is 0 Å². The second-order valence-corrected chi connectivity index (χ2v) is 5.50. The third kappa shape index (κ3) is 3.68. The van der Waals surface area contributed by atoms with Gasteiger partial charge in [0.2, 0.25) is 0 Å². The second-order valence-electron chi connectivity index (χ2n) is 4.64. The Bertz CT molecular complexity index is 626. The number of aliphatic hydroxyl groups is 1. The molecule has 2 N–H and O–H groups in total. The van der Waals surface area contributed by atoms with Crippen LogP contribution < -0.4 is 5.32 Å².